The van der Waals surface area contributed by atoms with Gasteiger partial charge < -0.3 is 19.1 Å². The molecule has 3 heterocycles. The highest BCUT2D eigenvalue weighted by atomic mass is 32.2. The van der Waals surface area contributed by atoms with Gasteiger partial charge in [-0.05, 0) is 36.2 Å². The van der Waals surface area contributed by atoms with Crippen LogP contribution < -0.4 is 9.64 Å². The van der Waals surface area contributed by atoms with Crippen LogP contribution >= 0.6 is 11.8 Å². The summed E-state index contributed by atoms with van der Waals surface area (Å²) in [6, 6.07) is 16.9. The van der Waals surface area contributed by atoms with Crippen molar-refractivity contribution in [3.05, 3.63) is 71.5 Å². The number of unbranched alkanes of at least 4 members (excludes halogenated alkanes) is 1. The number of rotatable bonds is 7. The lowest BCUT2D eigenvalue weighted by atomic mass is 10.0. The Balaban J connectivity index is 1.43. The number of hydrogen-bond acceptors (Lipinski definition) is 6. The van der Waals surface area contributed by atoms with Crippen molar-refractivity contribution < 1.29 is 14.3 Å². The van der Waals surface area contributed by atoms with E-state index in [0.29, 0.717) is 23.6 Å². The number of amides is 2. The van der Waals surface area contributed by atoms with Gasteiger partial charge in [-0.3, -0.25) is 9.59 Å². The van der Waals surface area contributed by atoms with Crippen LogP contribution in [0.4, 0.5) is 5.69 Å². The Morgan fingerprint density at radius 2 is 2.05 bits per heavy atom. The lowest BCUT2D eigenvalue weighted by Gasteiger charge is -2.41. The summed E-state index contributed by atoms with van der Waals surface area (Å²) >= 11 is 1.61. The third-order valence-corrected chi connectivity index (χ3v) is 8.09. The van der Waals surface area contributed by atoms with Crippen molar-refractivity contribution in [2.24, 2.45) is 0 Å². The van der Waals surface area contributed by atoms with Crippen LogP contribution in [0.15, 0.2) is 59.9 Å². The van der Waals surface area contributed by atoms with E-state index in [9.17, 15) is 9.59 Å². The third-order valence-electron chi connectivity index (χ3n) is 7.05. The van der Waals surface area contributed by atoms with E-state index >= 15 is 0 Å². The number of benzene rings is 2. The number of fused-ring (bicyclic) bond motifs is 1. The van der Waals surface area contributed by atoms with Crippen LogP contribution in [-0.4, -0.2) is 58.3 Å². The number of carbonyl (C=O) groups excluding carboxylic acids is 2. The van der Waals surface area contributed by atoms with Gasteiger partial charge in [0, 0.05) is 24.1 Å². The average molecular weight is 516 g/mol. The number of hydrogen-bond donors (Lipinski definition) is 0. The molecule has 2 aliphatic heterocycles. The minimum atomic E-state index is -0.167. The third kappa shape index (κ3) is 4.81. The summed E-state index contributed by atoms with van der Waals surface area (Å²) in [5.41, 5.74) is 2.90. The van der Waals surface area contributed by atoms with E-state index in [4.69, 9.17) is 10.00 Å². The van der Waals surface area contributed by atoms with Gasteiger partial charge >= 0.3 is 0 Å². The van der Waals surface area contributed by atoms with E-state index in [1.807, 2.05) is 41.0 Å². The van der Waals surface area contributed by atoms with Crippen molar-refractivity contribution in [2.45, 2.75) is 43.4 Å². The Bertz CT molecular complexity index is 1350. The number of carbonyl (C=O) groups is 2. The molecule has 37 heavy (non-hydrogen) atoms. The summed E-state index contributed by atoms with van der Waals surface area (Å²) in [5, 5.41) is 9.94. The number of anilines is 1. The molecule has 0 unspecified atom stereocenters. The monoisotopic (exact) mass is 515 g/mol. The van der Waals surface area contributed by atoms with Crippen molar-refractivity contribution in [2.75, 3.05) is 30.9 Å². The molecule has 0 spiro atoms. The first kappa shape index (κ1) is 24.9. The fraction of sp³-hybridized carbons (Fsp3) is 0.357. The number of piperazine rings is 1. The number of thioether (sulfide) groups is 1. The van der Waals surface area contributed by atoms with Gasteiger partial charge in [0.25, 0.3) is 5.91 Å². The van der Waals surface area contributed by atoms with Crippen LogP contribution in [0.3, 0.4) is 0 Å². The fourth-order valence-corrected chi connectivity index (χ4v) is 6.17. The number of ether oxygens (including phenoxy) is 1. The highest BCUT2D eigenvalue weighted by Crippen LogP contribution is 2.38. The molecule has 0 bridgehead atoms. The molecule has 2 aliphatic rings. The Kier molecular flexibility index (Phi) is 7.19. The van der Waals surface area contributed by atoms with Crippen molar-refractivity contribution in [3.8, 4) is 11.8 Å². The van der Waals surface area contributed by atoms with Gasteiger partial charge in [-0.2, -0.15) is 5.26 Å². The molecule has 190 valence electrons. The van der Waals surface area contributed by atoms with E-state index in [2.05, 4.69) is 18.0 Å². The predicted octanol–water partition coefficient (Wildman–Crippen LogP) is 4.51. The molecule has 5 rings (SSSR count). The molecule has 1 saturated heterocycles. The average Bonchev–Trinajstić information content (AvgIpc) is 3.54. The zero-order chi connectivity index (χ0) is 25.9. The molecular weight excluding hydrogens is 486 g/mol. The zero-order valence-corrected chi connectivity index (χ0v) is 21.8. The zero-order valence-electron chi connectivity index (χ0n) is 21.0. The van der Waals surface area contributed by atoms with Crippen molar-refractivity contribution in [1.82, 2.24) is 14.5 Å². The van der Waals surface area contributed by atoms with Crippen molar-refractivity contribution in [3.63, 3.8) is 0 Å². The normalized spacial score (nSPS) is 19.0. The maximum atomic E-state index is 14.0. The first-order chi connectivity index (χ1) is 18.0. The van der Waals surface area contributed by atoms with Gasteiger partial charge in [0.05, 0.1) is 37.0 Å². The van der Waals surface area contributed by atoms with Crippen LogP contribution in [0.5, 0.6) is 5.75 Å². The van der Waals surface area contributed by atoms with Crippen LogP contribution in [0.2, 0.25) is 0 Å². The topological polar surface area (TPSA) is 91.5 Å². The van der Waals surface area contributed by atoms with E-state index < -0.39 is 0 Å². The summed E-state index contributed by atoms with van der Waals surface area (Å²) in [5.74, 6) is 1.17. The first-order valence-electron chi connectivity index (χ1n) is 12.5. The Hall–Kier alpha value is -3.77. The summed E-state index contributed by atoms with van der Waals surface area (Å²) in [6.45, 7) is 2.58. The van der Waals surface area contributed by atoms with E-state index in [0.717, 1.165) is 41.4 Å². The highest BCUT2D eigenvalue weighted by Gasteiger charge is 2.39. The van der Waals surface area contributed by atoms with Crippen LogP contribution in [0.1, 0.15) is 53.8 Å². The second-order valence-electron chi connectivity index (χ2n) is 9.29. The molecule has 0 N–H and O–H groups in total. The van der Waals surface area contributed by atoms with Crippen LogP contribution in [-0.2, 0) is 4.79 Å². The standard InChI is InChI=1S/C28H29N5O3S/c1-3-4-6-22-16-31(21-7-5-8-23(13-21)36-2)26(34)17-32(22)27(35)24-15-30-28-33(24)25(18-37-28)20-11-9-19(14-29)10-12-20/h5,7-13,15,22,25H,3-4,6,16-18H2,1-2H3/t22-,25+/m0/s1. The molecule has 0 radical (unpaired) electrons. The van der Waals surface area contributed by atoms with Gasteiger partial charge in [0.2, 0.25) is 5.91 Å². The lowest BCUT2D eigenvalue weighted by molar-refractivity contribution is -0.121. The largest absolute Gasteiger partial charge is 0.497 e. The number of nitrogens with zero attached hydrogens (tertiary/aromatic N) is 5. The summed E-state index contributed by atoms with van der Waals surface area (Å²) in [4.78, 5) is 35.3. The molecular formula is C28H29N5O3S. The number of nitriles is 1. The molecule has 1 aromatic heterocycles. The van der Waals surface area contributed by atoms with Crippen molar-refractivity contribution >= 4 is 29.3 Å². The summed E-state index contributed by atoms with van der Waals surface area (Å²) < 4.78 is 7.34. The molecule has 2 aromatic carbocycles. The molecule has 2 amide bonds. The van der Waals surface area contributed by atoms with E-state index in [-0.39, 0.29) is 30.4 Å². The van der Waals surface area contributed by atoms with Gasteiger partial charge in [-0.15, -0.1) is 0 Å². The predicted molar refractivity (Wildman–Crippen MR) is 142 cm³/mol. The molecule has 0 aliphatic carbocycles. The van der Waals surface area contributed by atoms with E-state index in [1.54, 1.807) is 47.0 Å². The second-order valence-corrected chi connectivity index (χ2v) is 10.3. The van der Waals surface area contributed by atoms with Crippen molar-refractivity contribution in [1.29, 1.82) is 5.26 Å². The molecule has 2 atom stereocenters. The Morgan fingerprint density at radius 1 is 1.24 bits per heavy atom. The molecule has 3 aromatic rings. The lowest BCUT2D eigenvalue weighted by Crippen LogP contribution is -2.58. The molecule has 0 saturated carbocycles. The fourth-order valence-electron chi connectivity index (χ4n) is 5.03. The Morgan fingerprint density at radius 3 is 2.78 bits per heavy atom. The maximum absolute atomic E-state index is 14.0. The second kappa shape index (κ2) is 10.7. The highest BCUT2D eigenvalue weighted by molar-refractivity contribution is 7.99. The first-order valence-corrected chi connectivity index (χ1v) is 13.5. The molecule has 9 heteroatoms. The van der Waals surface area contributed by atoms with Gasteiger partial charge in [-0.1, -0.05) is 49.7 Å². The minimum absolute atomic E-state index is 0.0135. The van der Waals surface area contributed by atoms with Gasteiger partial charge in [0.15, 0.2) is 5.16 Å². The maximum Gasteiger partial charge on any atom is 0.272 e. The summed E-state index contributed by atoms with van der Waals surface area (Å²) in [7, 11) is 1.61. The summed E-state index contributed by atoms with van der Waals surface area (Å²) in [6.07, 6.45) is 4.41. The number of imidazole rings is 1. The molecule has 8 nitrogen and oxygen atoms in total. The number of aromatic nitrogens is 2. The SMILES string of the molecule is CCCC[C@H]1CN(c2cccc(OC)c2)C(=O)CN1C(=O)c1cnc2n1[C@@H](c1ccc(C#N)cc1)CS2. The minimum Gasteiger partial charge on any atom is -0.497 e. The van der Waals surface area contributed by atoms with Crippen LogP contribution in [0, 0.1) is 11.3 Å². The van der Waals surface area contributed by atoms with E-state index in [1.165, 1.54) is 0 Å². The Labute approximate surface area is 220 Å². The smallest absolute Gasteiger partial charge is 0.272 e. The molecule has 1 fully saturated rings. The van der Waals surface area contributed by atoms with Crippen LogP contribution in [0.25, 0.3) is 0 Å². The van der Waals surface area contributed by atoms with Gasteiger partial charge in [0.1, 0.15) is 18.0 Å². The quantitative estimate of drug-likeness (QED) is 0.460. The number of methoxy groups -OCH3 is 1. The van der Waals surface area contributed by atoms with Gasteiger partial charge in [-0.25, -0.2) is 4.98 Å².